The number of hydrogen-bond acceptors (Lipinski definition) is 8. The van der Waals surface area contributed by atoms with Gasteiger partial charge in [0.1, 0.15) is 0 Å². The number of nitrogens with two attached hydrogens (primary N) is 1. The molecule has 0 aliphatic heterocycles. The van der Waals surface area contributed by atoms with Crippen LogP contribution in [0.25, 0.3) is 0 Å². The lowest BCUT2D eigenvalue weighted by atomic mass is 10.2. The van der Waals surface area contributed by atoms with E-state index in [-0.39, 0.29) is 29.6 Å². The molecule has 2 aromatic heterocycles. The van der Waals surface area contributed by atoms with E-state index in [1.54, 1.807) is 23.6 Å². The van der Waals surface area contributed by atoms with Crippen LogP contribution in [0.1, 0.15) is 21.9 Å². The van der Waals surface area contributed by atoms with Gasteiger partial charge >= 0.3 is 0 Å². The highest BCUT2D eigenvalue weighted by molar-refractivity contribution is 7.89. The predicted molar refractivity (Wildman–Crippen MR) is 105 cm³/mol. The first kappa shape index (κ1) is 20.5. The Morgan fingerprint density at radius 2 is 1.79 bits per heavy atom. The molecule has 0 radical (unpaired) electrons. The second-order valence-electron chi connectivity index (χ2n) is 5.81. The molecule has 2 heterocycles. The molecule has 3 aromatic rings. The van der Waals surface area contributed by atoms with Crippen LogP contribution in [-0.2, 0) is 27.8 Å². The number of nitrogens with zero attached hydrogens (tertiary/aromatic N) is 3. The van der Waals surface area contributed by atoms with E-state index in [2.05, 4.69) is 25.6 Å². The van der Waals surface area contributed by atoms with Crippen molar-refractivity contribution in [2.45, 2.75) is 17.9 Å². The van der Waals surface area contributed by atoms with Crippen molar-refractivity contribution in [2.24, 2.45) is 5.14 Å². The van der Waals surface area contributed by atoms with Crippen molar-refractivity contribution in [1.29, 1.82) is 0 Å². The van der Waals surface area contributed by atoms with Gasteiger partial charge in [-0.05, 0) is 23.8 Å². The average Bonchev–Trinajstić information content (AvgIpc) is 3.13. The Morgan fingerprint density at radius 3 is 2.45 bits per heavy atom. The van der Waals surface area contributed by atoms with E-state index in [4.69, 9.17) is 5.14 Å². The van der Waals surface area contributed by atoms with Gasteiger partial charge in [-0.2, -0.15) is 0 Å². The molecule has 0 aliphatic carbocycles. The van der Waals surface area contributed by atoms with Gasteiger partial charge in [-0.15, -0.1) is 11.3 Å². The summed E-state index contributed by atoms with van der Waals surface area (Å²) in [6.45, 7) is 0.225. The molecule has 0 spiro atoms. The van der Waals surface area contributed by atoms with E-state index in [1.807, 2.05) is 0 Å². The minimum absolute atomic E-state index is 0.00512. The Labute approximate surface area is 170 Å². The van der Waals surface area contributed by atoms with Gasteiger partial charge in [0, 0.05) is 24.3 Å². The molecular weight excluding hydrogens is 416 g/mol. The summed E-state index contributed by atoms with van der Waals surface area (Å²) < 4.78 is 22.5. The Hall–Kier alpha value is -3.22. The molecule has 0 aliphatic rings. The van der Waals surface area contributed by atoms with Crippen molar-refractivity contribution in [3.05, 3.63) is 65.2 Å². The van der Waals surface area contributed by atoms with Crippen LogP contribution in [0.5, 0.6) is 0 Å². The molecule has 0 saturated heterocycles. The lowest BCUT2D eigenvalue weighted by Crippen LogP contribution is -2.24. The van der Waals surface area contributed by atoms with E-state index in [0.29, 0.717) is 10.8 Å². The molecule has 0 bridgehead atoms. The number of benzene rings is 1. The zero-order valence-corrected chi connectivity index (χ0v) is 16.5. The number of nitrogens with one attached hydrogen (secondary N) is 2. The van der Waals surface area contributed by atoms with Gasteiger partial charge < -0.3 is 5.32 Å². The SMILES string of the molecule is NS(=O)(=O)c1ccc(CNC(=O)Cc2csc(NC(=O)c3ncccn3)n2)cc1. The fraction of sp³-hybridized carbons (Fsp3) is 0.118. The third-order valence-electron chi connectivity index (χ3n) is 3.62. The number of aromatic nitrogens is 3. The van der Waals surface area contributed by atoms with E-state index in [9.17, 15) is 18.0 Å². The standard InChI is InChI=1S/C17H16N6O4S2/c18-29(26,27)13-4-2-11(3-5-13)9-21-14(24)8-12-10-28-17(22-12)23-16(25)15-19-6-1-7-20-15/h1-7,10H,8-9H2,(H,21,24)(H2,18,26,27)(H,22,23,25). The van der Waals surface area contributed by atoms with E-state index in [0.717, 1.165) is 5.56 Å². The van der Waals surface area contributed by atoms with Gasteiger partial charge in [-0.25, -0.2) is 28.5 Å². The number of hydrogen-bond donors (Lipinski definition) is 3. The molecule has 12 heteroatoms. The molecule has 10 nitrogen and oxygen atoms in total. The number of thiazole rings is 1. The molecule has 2 amide bonds. The van der Waals surface area contributed by atoms with Gasteiger partial charge in [-0.1, -0.05) is 12.1 Å². The van der Waals surface area contributed by atoms with Crippen LogP contribution in [0.2, 0.25) is 0 Å². The largest absolute Gasteiger partial charge is 0.352 e. The van der Waals surface area contributed by atoms with Gasteiger partial charge in [0.15, 0.2) is 5.13 Å². The predicted octanol–water partition coefficient (Wildman–Crippen LogP) is 0.692. The van der Waals surface area contributed by atoms with Crippen LogP contribution in [0.3, 0.4) is 0 Å². The van der Waals surface area contributed by atoms with Crippen LogP contribution in [0.4, 0.5) is 5.13 Å². The number of anilines is 1. The fourth-order valence-electron chi connectivity index (χ4n) is 2.24. The van der Waals surface area contributed by atoms with Crippen molar-refractivity contribution in [3.63, 3.8) is 0 Å². The first-order chi connectivity index (χ1) is 13.8. The summed E-state index contributed by atoms with van der Waals surface area (Å²) in [6, 6.07) is 7.50. The Kier molecular flexibility index (Phi) is 6.26. The second-order valence-corrected chi connectivity index (χ2v) is 8.23. The molecule has 3 rings (SSSR count). The Bertz CT molecular complexity index is 1110. The van der Waals surface area contributed by atoms with E-state index >= 15 is 0 Å². The van der Waals surface area contributed by atoms with Gasteiger partial charge in [0.2, 0.25) is 21.8 Å². The Morgan fingerprint density at radius 1 is 1.10 bits per heavy atom. The third kappa shape index (κ3) is 5.88. The molecule has 0 fully saturated rings. The number of sulfonamides is 1. The van der Waals surface area contributed by atoms with E-state index < -0.39 is 15.9 Å². The number of carbonyl (C=O) groups is 2. The van der Waals surface area contributed by atoms with Crippen molar-refractivity contribution < 1.29 is 18.0 Å². The van der Waals surface area contributed by atoms with Crippen LogP contribution < -0.4 is 15.8 Å². The smallest absolute Gasteiger partial charge is 0.295 e. The summed E-state index contributed by atoms with van der Waals surface area (Å²) in [5, 5.41) is 12.3. The molecule has 150 valence electrons. The number of amides is 2. The molecule has 0 unspecified atom stereocenters. The molecule has 0 atom stereocenters. The summed E-state index contributed by atoms with van der Waals surface area (Å²) >= 11 is 1.19. The number of primary sulfonamides is 1. The zero-order valence-electron chi connectivity index (χ0n) is 14.9. The van der Waals surface area contributed by atoms with Crippen molar-refractivity contribution in [2.75, 3.05) is 5.32 Å². The number of carbonyl (C=O) groups excluding carboxylic acids is 2. The quantitative estimate of drug-likeness (QED) is 0.496. The van der Waals surface area contributed by atoms with Crippen LogP contribution >= 0.6 is 11.3 Å². The molecule has 29 heavy (non-hydrogen) atoms. The monoisotopic (exact) mass is 432 g/mol. The van der Waals surface area contributed by atoms with Crippen LogP contribution in [0, 0.1) is 0 Å². The maximum atomic E-state index is 12.1. The molecule has 4 N–H and O–H groups in total. The lowest BCUT2D eigenvalue weighted by Gasteiger charge is -2.05. The van der Waals surface area contributed by atoms with Crippen LogP contribution in [-0.4, -0.2) is 35.2 Å². The summed E-state index contributed by atoms with van der Waals surface area (Å²) in [7, 11) is -3.75. The summed E-state index contributed by atoms with van der Waals surface area (Å²) in [4.78, 5) is 36.0. The second kappa shape index (κ2) is 8.86. The van der Waals surface area contributed by atoms with Gasteiger partial charge in [-0.3, -0.25) is 14.9 Å². The minimum Gasteiger partial charge on any atom is -0.352 e. The lowest BCUT2D eigenvalue weighted by molar-refractivity contribution is -0.120. The van der Waals surface area contributed by atoms with Gasteiger partial charge in [0.25, 0.3) is 5.91 Å². The molecule has 0 saturated carbocycles. The highest BCUT2D eigenvalue weighted by atomic mass is 32.2. The first-order valence-corrected chi connectivity index (χ1v) is 10.6. The molecular formula is C17H16N6O4S2. The average molecular weight is 432 g/mol. The maximum Gasteiger partial charge on any atom is 0.295 e. The Balaban J connectivity index is 1.50. The molecule has 1 aromatic carbocycles. The fourth-order valence-corrected chi connectivity index (χ4v) is 3.46. The topological polar surface area (TPSA) is 157 Å². The summed E-state index contributed by atoms with van der Waals surface area (Å²) in [5.41, 5.74) is 1.22. The van der Waals surface area contributed by atoms with Crippen LogP contribution in [0.15, 0.2) is 53.0 Å². The highest BCUT2D eigenvalue weighted by Gasteiger charge is 2.13. The van der Waals surface area contributed by atoms with E-state index in [1.165, 1.54) is 35.9 Å². The number of rotatable bonds is 7. The summed E-state index contributed by atoms with van der Waals surface area (Å²) in [5.74, 6) is -0.732. The zero-order chi connectivity index (χ0) is 20.9. The van der Waals surface area contributed by atoms with Crippen molar-refractivity contribution in [1.82, 2.24) is 20.3 Å². The summed E-state index contributed by atoms with van der Waals surface area (Å²) in [6.07, 6.45) is 2.95. The normalized spacial score (nSPS) is 11.1. The van der Waals surface area contributed by atoms with Crippen molar-refractivity contribution >= 4 is 38.3 Å². The van der Waals surface area contributed by atoms with Crippen molar-refractivity contribution in [3.8, 4) is 0 Å². The third-order valence-corrected chi connectivity index (χ3v) is 5.36. The highest BCUT2D eigenvalue weighted by Crippen LogP contribution is 2.16. The van der Waals surface area contributed by atoms with Gasteiger partial charge in [0.05, 0.1) is 17.0 Å². The minimum atomic E-state index is -3.75. The first-order valence-electron chi connectivity index (χ1n) is 8.22. The maximum absolute atomic E-state index is 12.1.